The van der Waals surface area contributed by atoms with Crippen LogP contribution in [0.1, 0.15) is 12.8 Å². The van der Waals surface area contributed by atoms with Crippen LogP contribution in [-0.4, -0.2) is 24.5 Å². The van der Waals surface area contributed by atoms with E-state index in [1.807, 2.05) is 0 Å². The van der Waals surface area contributed by atoms with E-state index in [9.17, 15) is 13.2 Å². The van der Waals surface area contributed by atoms with E-state index in [0.29, 0.717) is 13.0 Å². The molecule has 0 amide bonds. The van der Waals surface area contributed by atoms with Crippen LogP contribution in [0.15, 0.2) is 4.99 Å². The minimum atomic E-state index is -3.57. The molecule has 94 valence electrons. The van der Waals surface area contributed by atoms with Crippen LogP contribution >= 0.6 is 0 Å². The highest BCUT2D eigenvalue weighted by atomic mass is 80.0. The Morgan fingerprint density at radius 3 is 2.56 bits per heavy atom. The third-order valence-electron chi connectivity index (χ3n) is 1.44. The molecule has 0 saturated heterocycles. The van der Waals surface area contributed by atoms with Crippen molar-refractivity contribution in [2.45, 2.75) is 18.9 Å². The van der Waals surface area contributed by atoms with Crippen LogP contribution in [0.2, 0.25) is 0 Å². The minimum Gasteiger partial charge on any atom is -0.370 e. The molecule has 9 nitrogen and oxygen atoms in total. The SMILES string of the molecule is NC(N)=NCCCC(N)C(=O)OO[Br+2]([O-])[O-]. The third-order valence-corrected chi connectivity index (χ3v) is 1.78. The molecule has 1 unspecified atom stereocenters. The average Bonchev–Trinajstić information content (AvgIpc) is 2.20. The Kier molecular flexibility index (Phi) is 7.76. The second kappa shape index (κ2) is 8.24. The number of halogens is 1. The summed E-state index contributed by atoms with van der Waals surface area (Å²) in [6, 6.07) is -0.976. The number of nitrogens with two attached hydrogens (primary N) is 3. The second-order valence-electron chi connectivity index (χ2n) is 2.71. The van der Waals surface area contributed by atoms with E-state index in [1.54, 1.807) is 0 Å². The summed E-state index contributed by atoms with van der Waals surface area (Å²) in [6.07, 6.45) is 0.708. The zero-order valence-corrected chi connectivity index (χ0v) is 9.88. The fourth-order valence-corrected chi connectivity index (χ4v) is 0.994. The van der Waals surface area contributed by atoms with Gasteiger partial charge in [0.2, 0.25) is 3.98 Å². The molecule has 1 atom stereocenters. The summed E-state index contributed by atoms with van der Waals surface area (Å²) in [5.41, 5.74) is 15.5. The molecule has 0 aromatic heterocycles. The molecular weight excluding hydrogens is 288 g/mol. The van der Waals surface area contributed by atoms with Crippen molar-refractivity contribution >= 4 is 11.9 Å². The first-order valence-electron chi connectivity index (χ1n) is 4.19. The number of hydrogen-bond acceptors (Lipinski definition) is 7. The maximum absolute atomic E-state index is 11.0. The van der Waals surface area contributed by atoms with Crippen molar-refractivity contribution in [2.75, 3.05) is 6.54 Å². The molecule has 10 heteroatoms. The molecular formula is C6H13BrN4O5. The highest BCUT2D eigenvalue weighted by molar-refractivity contribution is 5.75. The standard InChI is InChI=1S/C6H13BrN4O5/c8-4(2-1-3-11-6(9)10)5(12)15-16-7(13)14/h4H,1-3,8H2,(H4,9,10,11). The smallest absolute Gasteiger partial charge is 0.370 e. The van der Waals surface area contributed by atoms with Gasteiger partial charge in [-0.3, -0.25) is 4.99 Å². The molecule has 0 heterocycles. The van der Waals surface area contributed by atoms with Gasteiger partial charge in [0.15, 0.2) is 5.96 Å². The van der Waals surface area contributed by atoms with E-state index in [1.165, 1.54) is 0 Å². The monoisotopic (exact) mass is 300 g/mol. The van der Waals surface area contributed by atoms with Gasteiger partial charge in [-0.15, -0.1) is 0 Å². The molecule has 0 saturated carbocycles. The van der Waals surface area contributed by atoms with E-state index in [2.05, 4.69) is 13.9 Å². The second-order valence-corrected chi connectivity index (χ2v) is 3.77. The van der Waals surface area contributed by atoms with Gasteiger partial charge in [0.1, 0.15) is 6.04 Å². The lowest BCUT2D eigenvalue weighted by molar-refractivity contribution is -1.64. The molecule has 6 N–H and O–H groups in total. The molecule has 0 aliphatic rings. The van der Waals surface area contributed by atoms with Gasteiger partial charge in [-0.05, 0) is 12.8 Å². The van der Waals surface area contributed by atoms with Gasteiger partial charge >= 0.3 is 20.8 Å². The Hall–Kier alpha value is -0.940. The lowest BCUT2D eigenvalue weighted by Crippen LogP contribution is -2.38. The first-order chi connectivity index (χ1) is 7.43. The average molecular weight is 301 g/mol. The Bertz CT molecular complexity index is 245. The topological polar surface area (TPSA) is 172 Å². The van der Waals surface area contributed by atoms with E-state index >= 15 is 0 Å². The number of nitrogens with zero attached hydrogens (tertiary/aromatic N) is 1. The summed E-state index contributed by atoms with van der Waals surface area (Å²) in [5.74, 6) is -1.01. The zero-order valence-electron chi connectivity index (χ0n) is 8.30. The lowest BCUT2D eigenvalue weighted by atomic mass is 10.2. The fourth-order valence-electron chi connectivity index (χ4n) is 0.756. The van der Waals surface area contributed by atoms with Gasteiger partial charge in [0.25, 0.3) is 0 Å². The summed E-state index contributed by atoms with van der Waals surface area (Å²) >= 11 is -3.57. The first kappa shape index (κ1) is 15.1. The quantitative estimate of drug-likeness (QED) is 0.140. The largest absolute Gasteiger partial charge is 0.497 e. The minimum absolute atomic E-state index is 0.0514. The maximum atomic E-state index is 11.0. The van der Waals surface area contributed by atoms with E-state index in [4.69, 9.17) is 17.2 Å². The highest BCUT2D eigenvalue weighted by Crippen LogP contribution is 1.98. The van der Waals surface area contributed by atoms with Crippen LogP contribution < -0.4 is 25.6 Å². The number of rotatable bonds is 7. The summed E-state index contributed by atoms with van der Waals surface area (Å²) in [6.45, 7) is 0.322. The van der Waals surface area contributed by atoms with E-state index in [0.717, 1.165) is 0 Å². The van der Waals surface area contributed by atoms with E-state index in [-0.39, 0.29) is 12.4 Å². The van der Waals surface area contributed by atoms with E-state index < -0.39 is 26.8 Å². The molecule has 0 rings (SSSR count). The molecule has 0 fully saturated rings. The van der Waals surface area contributed by atoms with Gasteiger partial charge < -0.3 is 25.6 Å². The van der Waals surface area contributed by atoms with Crippen LogP contribution in [0.3, 0.4) is 0 Å². The van der Waals surface area contributed by atoms with Crippen LogP contribution in [0.5, 0.6) is 0 Å². The van der Waals surface area contributed by atoms with Crippen molar-refractivity contribution in [3.05, 3.63) is 0 Å². The Morgan fingerprint density at radius 2 is 2.06 bits per heavy atom. The fraction of sp³-hybridized carbons (Fsp3) is 0.667. The summed E-state index contributed by atoms with van der Waals surface area (Å²) in [7, 11) is 0. The van der Waals surface area contributed by atoms with Gasteiger partial charge in [0, 0.05) is 6.54 Å². The summed E-state index contributed by atoms with van der Waals surface area (Å²) in [5, 5.41) is 0. The van der Waals surface area contributed by atoms with Crippen molar-refractivity contribution < 1.29 is 36.9 Å². The number of guanidine groups is 1. The summed E-state index contributed by atoms with van der Waals surface area (Å²) in [4.78, 5) is 18.5. The van der Waals surface area contributed by atoms with Gasteiger partial charge in [-0.2, -0.15) is 0 Å². The Labute approximate surface area is 96.9 Å². The van der Waals surface area contributed by atoms with Crippen LogP contribution in [-0.2, 0) is 13.7 Å². The number of carbonyl (C=O) groups excluding carboxylic acids is 1. The molecule has 0 aliphatic heterocycles. The van der Waals surface area contributed by atoms with Crippen LogP contribution in [0.25, 0.3) is 0 Å². The molecule has 0 aliphatic carbocycles. The zero-order chi connectivity index (χ0) is 12.6. The number of hydrogen-bond donors (Lipinski definition) is 3. The van der Waals surface area contributed by atoms with Crippen molar-refractivity contribution in [3.8, 4) is 0 Å². The molecule has 0 bridgehead atoms. The van der Waals surface area contributed by atoms with Crippen LogP contribution in [0, 0.1) is 14.8 Å². The van der Waals surface area contributed by atoms with Gasteiger partial charge in [-0.1, -0.05) is 0 Å². The molecule has 0 aromatic rings. The number of aliphatic imine (C=N–C) groups is 1. The Morgan fingerprint density at radius 1 is 1.44 bits per heavy atom. The summed E-state index contributed by atoms with van der Waals surface area (Å²) < 4.78 is 23.6. The van der Waals surface area contributed by atoms with Crippen molar-refractivity contribution in [2.24, 2.45) is 22.2 Å². The molecule has 0 radical (unpaired) electrons. The molecule has 0 spiro atoms. The predicted octanol–water partition coefficient (Wildman–Crippen LogP) is -4.07. The molecule has 0 aromatic carbocycles. The van der Waals surface area contributed by atoms with Gasteiger partial charge in [-0.25, -0.2) is 9.68 Å². The maximum Gasteiger partial charge on any atom is 0.497 e. The first-order valence-corrected chi connectivity index (χ1v) is 6.13. The van der Waals surface area contributed by atoms with Crippen molar-refractivity contribution in [3.63, 3.8) is 0 Å². The highest BCUT2D eigenvalue weighted by Gasteiger charge is 2.22. The predicted molar refractivity (Wildman–Crippen MR) is 45.1 cm³/mol. The van der Waals surface area contributed by atoms with Gasteiger partial charge in [0.05, 0.1) is 0 Å². The number of carbonyl (C=O) groups is 1. The molecule has 16 heavy (non-hydrogen) atoms. The lowest BCUT2D eigenvalue weighted by Gasteiger charge is -2.05. The normalized spacial score (nSPS) is 12.2. The van der Waals surface area contributed by atoms with Crippen LogP contribution in [0.4, 0.5) is 0 Å². The third kappa shape index (κ3) is 8.38. The van der Waals surface area contributed by atoms with Crippen molar-refractivity contribution in [1.29, 1.82) is 0 Å². The van der Waals surface area contributed by atoms with Crippen molar-refractivity contribution in [1.82, 2.24) is 0 Å². The Balaban J connectivity index is 3.67.